The van der Waals surface area contributed by atoms with Crippen molar-refractivity contribution in [1.82, 2.24) is 5.43 Å². The Hall–Kier alpha value is -2.44. The zero-order chi connectivity index (χ0) is 16.1. The number of benzene rings is 2. The Kier molecular flexibility index (Phi) is 5.08. The lowest BCUT2D eigenvalue weighted by Gasteiger charge is -2.01. The van der Waals surface area contributed by atoms with Gasteiger partial charge in [0.2, 0.25) is 0 Å². The predicted octanol–water partition coefficient (Wildman–Crippen LogP) is 3.67. The van der Waals surface area contributed by atoms with Crippen LogP contribution in [0.15, 0.2) is 47.6 Å². The second kappa shape index (κ2) is 7.02. The van der Waals surface area contributed by atoms with Crippen LogP contribution in [0.5, 0.6) is 0 Å². The lowest BCUT2D eigenvalue weighted by Crippen LogP contribution is -2.17. The number of amides is 1. The SMILES string of the molecule is O=C(NN=Cc1cc([N+](=O)[O-])ccc1Cl)c1cccc(Cl)c1. The van der Waals surface area contributed by atoms with Gasteiger partial charge in [-0.05, 0) is 24.3 Å². The molecule has 0 bridgehead atoms. The maximum Gasteiger partial charge on any atom is 0.271 e. The third-order valence-electron chi connectivity index (χ3n) is 2.65. The van der Waals surface area contributed by atoms with E-state index in [4.69, 9.17) is 23.2 Å². The van der Waals surface area contributed by atoms with Crippen LogP contribution in [0.25, 0.3) is 0 Å². The molecule has 0 aliphatic rings. The van der Waals surface area contributed by atoms with Crippen LogP contribution in [0.4, 0.5) is 5.69 Å². The summed E-state index contributed by atoms with van der Waals surface area (Å²) < 4.78 is 0. The van der Waals surface area contributed by atoms with Crippen LogP contribution >= 0.6 is 23.2 Å². The normalized spacial score (nSPS) is 10.6. The number of carbonyl (C=O) groups is 1. The van der Waals surface area contributed by atoms with Crippen molar-refractivity contribution in [2.24, 2.45) is 5.10 Å². The molecule has 8 heteroatoms. The molecule has 0 fully saturated rings. The summed E-state index contributed by atoms with van der Waals surface area (Å²) in [5, 5.41) is 15.1. The van der Waals surface area contributed by atoms with Gasteiger partial charge in [-0.15, -0.1) is 0 Å². The van der Waals surface area contributed by atoms with Crippen LogP contribution in [0.3, 0.4) is 0 Å². The first-order valence-corrected chi connectivity index (χ1v) is 6.76. The molecular formula is C14H9Cl2N3O3. The van der Waals surface area contributed by atoms with Crippen LogP contribution in [0, 0.1) is 10.1 Å². The fraction of sp³-hybridized carbons (Fsp3) is 0. The summed E-state index contributed by atoms with van der Waals surface area (Å²) in [4.78, 5) is 22.0. The van der Waals surface area contributed by atoms with Crippen LogP contribution in [0.2, 0.25) is 10.0 Å². The average Bonchev–Trinajstić information content (AvgIpc) is 2.48. The third-order valence-corrected chi connectivity index (χ3v) is 3.23. The molecule has 6 nitrogen and oxygen atoms in total. The van der Waals surface area contributed by atoms with Crippen molar-refractivity contribution in [3.8, 4) is 0 Å². The molecule has 2 aromatic carbocycles. The van der Waals surface area contributed by atoms with E-state index in [0.717, 1.165) is 0 Å². The number of nitro groups is 1. The standard InChI is InChI=1S/C14H9Cl2N3O3/c15-11-3-1-2-9(6-11)14(20)18-17-8-10-7-12(19(21)22)4-5-13(10)16/h1-8H,(H,18,20). The number of nitrogens with zero attached hydrogens (tertiary/aromatic N) is 2. The lowest BCUT2D eigenvalue weighted by atomic mass is 10.2. The molecule has 0 saturated heterocycles. The molecule has 1 amide bonds. The van der Waals surface area contributed by atoms with Gasteiger partial charge in [0.1, 0.15) is 0 Å². The van der Waals surface area contributed by atoms with Crippen molar-refractivity contribution in [2.75, 3.05) is 0 Å². The number of nitro benzene ring substituents is 1. The van der Waals surface area contributed by atoms with E-state index in [1.807, 2.05) is 0 Å². The summed E-state index contributed by atoms with van der Waals surface area (Å²) >= 11 is 11.7. The predicted molar refractivity (Wildman–Crippen MR) is 84.6 cm³/mol. The molecule has 1 N–H and O–H groups in total. The monoisotopic (exact) mass is 337 g/mol. The molecule has 112 valence electrons. The second-order valence-electron chi connectivity index (χ2n) is 4.17. The number of rotatable bonds is 4. The number of halogens is 2. The van der Waals surface area contributed by atoms with Gasteiger partial charge in [0.25, 0.3) is 11.6 Å². The minimum atomic E-state index is -0.543. The Labute approximate surface area is 135 Å². The molecule has 22 heavy (non-hydrogen) atoms. The fourth-order valence-electron chi connectivity index (χ4n) is 1.60. The first kappa shape index (κ1) is 15.9. The Morgan fingerprint density at radius 2 is 2.00 bits per heavy atom. The van der Waals surface area contributed by atoms with Crippen molar-refractivity contribution in [3.63, 3.8) is 0 Å². The van der Waals surface area contributed by atoms with Gasteiger partial charge in [-0.25, -0.2) is 5.43 Å². The van der Waals surface area contributed by atoms with Gasteiger partial charge in [0, 0.05) is 33.3 Å². The molecular weight excluding hydrogens is 329 g/mol. The molecule has 0 spiro atoms. The van der Waals surface area contributed by atoms with Crippen LogP contribution in [0.1, 0.15) is 15.9 Å². The number of non-ortho nitro benzene ring substituents is 1. The minimum absolute atomic E-state index is 0.119. The Bertz CT molecular complexity index is 763. The van der Waals surface area contributed by atoms with Gasteiger partial charge in [-0.2, -0.15) is 5.10 Å². The zero-order valence-corrected chi connectivity index (χ0v) is 12.5. The smallest absolute Gasteiger partial charge is 0.267 e. The average molecular weight is 338 g/mol. The summed E-state index contributed by atoms with van der Waals surface area (Å²) in [5.41, 5.74) is 2.84. The Morgan fingerprint density at radius 3 is 2.68 bits per heavy atom. The molecule has 0 aromatic heterocycles. The van der Waals surface area contributed by atoms with Gasteiger partial charge in [0.15, 0.2) is 0 Å². The molecule has 0 aliphatic heterocycles. The molecule has 2 aromatic rings. The van der Waals surface area contributed by atoms with Crippen molar-refractivity contribution in [3.05, 3.63) is 73.8 Å². The lowest BCUT2D eigenvalue weighted by molar-refractivity contribution is -0.384. The van der Waals surface area contributed by atoms with Crippen molar-refractivity contribution in [2.45, 2.75) is 0 Å². The van der Waals surface area contributed by atoms with E-state index in [0.29, 0.717) is 16.1 Å². The Morgan fingerprint density at radius 1 is 1.23 bits per heavy atom. The highest BCUT2D eigenvalue weighted by Gasteiger charge is 2.08. The van der Waals surface area contributed by atoms with E-state index < -0.39 is 10.8 Å². The molecule has 0 unspecified atom stereocenters. The maximum absolute atomic E-state index is 11.8. The Balaban J connectivity index is 2.11. The topological polar surface area (TPSA) is 84.6 Å². The summed E-state index contributed by atoms with van der Waals surface area (Å²) in [6.07, 6.45) is 1.23. The second-order valence-corrected chi connectivity index (χ2v) is 5.02. The summed E-state index contributed by atoms with van der Waals surface area (Å²) in [6, 6.07) is 10.3. The minimum Gasteiger partial charge on any atom is -0.267 e. The molecule has 0 radical (unpaired) electrons. The van der Waals surface area contributed by atoms with E-state index in [-0.39, 0.29) is 10.7 Å². The van der Waals surface area contributed by atoms with Gasteiger partial charge < -0.3 is 0 Å². The van der Waals surface area contributed by atoms with E-state index >= 15 is 0 Å². The fourth-order valence-corrected chi connectivity index (χ4v) is 1.95. The number of hydrogen-bond donors (Lipinski definition) is 1. The largest absolute Gasteiger partial charge is 0.271 e. The molecule has 2 rings (SSSR count). The van der Waals surface area contributed by atoms with Gasteiger partial charge >= 0.3 is 0 Å². The van der Waals surface area contributed by atoms with Crippen LogP contribution in [-0.4, -0.2) is 17.0 Å². The zero-order valence-electron chi connectivity index (χ0n) is 11.0. The van der Waals surface area contributed by atoms with Crippen molar-refractivity contribution < 1.29 is 9.72 Å². The third kappa shape index (κ3) is 4.03. The van der Waals surface area contributed by atoms with E-state index in [1.54, 1.807) is 18.2 Å². The first-order valence-electron chi connectivity index (χ1n) is 6.00. The number of nitrogens with one attached hydrogen (secondary N) is 1. The molecule has 0 saturated carbocycles. The van der Waals surface area contributed by atoms with Crippen LogP contribution in [-0.2, 0) is 0 Å². The molecule has 0 heterocycles. The summed E-state index contributed by atoms with van der Waals surface area (Å²) in [5.74, 6) is -0.458. The number of hydrogen-bond acceptors (Lipinski definition) is 4. The van der Waals surface area contributed by atoms with Gasteiger partial charge in [0.05, 0.1) is 11.1 Å². The van der Waals surface area contributed by atoms with E-state index in [2.05, 4.69) is 10.5 Å². The quantitative estimate of drug-likeness (QED) is 0.524. The van der Waals surface area contributed by atoms with Crippen LogP contribution < -0.4 is 5.43 Å². The van der Waals surface area contributed by atoms with Crippen molar-refractivity contribution >= 4 is 41.0 Å². The van der Waals surface area contributed by atoms with Crippen molar-refractivity contribution in [1.29, 1.82) is 0 Å². The summed E-state index contributed by atoms with van der Waals surface area (Å²) in [6.45, 7) is 0. The number of hydrazone groups is 1. The van der Waals surface area contributed by atoms with Gasteiger partial charge in [-0.3, -0.25) is 14.9 Å². The van der Waals surface area contributed by atoms with E-state index in [1.165, 1.54) is 30.5 Å². The highest BCUT2D eigenvalue weighted by molar-refractivity contribution is 6.33. The van der Waals surface area contributed by atoms with Gasteiger partial charge in [-0.1, -0.05) is 29.3 Å². The number of carbonyl (C=O) groups excluding carboxylic acids is 1. The highest BCUT2D eigenvalue weighted by Crippen LogP contribution is 2.20. The first-order chi connectivity index (χ1) is 10.5. The molecule has 0 atom stereocenters. The molecule has 0 aliphatic carbocycles. The highest BCUT2D eigenvalue weighted by atomic mass is 35.5. The maximum atomic E-state index is 11.8. The summed E-state index contributed by atoms with van der Waals surface area (Å²) in [7, 11) is 0. The van der Waals surface area contributed by atoms with E-state index in [9.17, 15) is 14.9 Å².